The summed E-state index contributed by atoms with van der Waals surface area (Å²) in [4.78, 5) is 33.6. The first-order chi connectivity index (χ1) is 19.0. The van der Waals surface area contributed by atoms with Crippen molar-refractivity contribution in [2.75, 3.05) is 12.4 Å². The number of ether oxygens (including phenoxy) is 1. The van der Waals surface area contributed by atoms with E-state index in [2.05, 4.69) is 20.6 Å². The number of pyridine rings is 1. The zero-order valence-electron chi connectivity index (χ0n) is 21.1. The molecule has 1 N–H and O–H groups in total. The van der Waals surface area contributed by atoms with Gasteiger partial charge >= 0.3 is 0 Å². The molecule has 39 heavy (non-hydrogen) atoms. The van der Waals surface area contributed by atoms with E-state index in [4.69, 9.17) is 16.3 Å². The molecular weight excluding hydrogens is 516 g/mol. The molecule has 0 spiro atoms. The highest BCUT2D eigenvalue weighted by Gasteiger charge is 2.32. The molecule has 0 bridgehead atoms. The van der Waals surface area contributed by atoms with Gasteiger partial charge in [0.05, 0.1) is 12.6 Å². The number of benzene rings is 3. The van der Waals surface area contributed by atoms with Gasteiger partial charge in [-0.25, -0.2) is 4.68 Å². The summed E-state index contributed by atoms with van der Waals surface area (Å²) in [6.07, 6.45) is 3.33. The Hall–Kier alpha value is -4.76. The molecular formula is C29H25ClN6O3. The van der Waals surface area contributed by atoms with Crippen molar-refractivity contribution in [2.45, 2.75) is 19.1 Å². The number of nitrogens with zero attached hydrogens (tertiary/aromatic N) is 5. The Morgan fingerprint density at radius 1 is 1.00 bits per heavy atom. The third-order valence-electron chi connectivity index (χ3n) is 6.20. The van der Waals surface area contributed by atoms with Crippen LogP contribution in [0.15, 0.2) is 97.3 Å². The lowest BCUT2D eigenvalue weighted by Crippen LogP contribution is -2.42. The van der Waals surface area contributed by atoms with Crippen LogP contribution in [-0.4, -0.2) is 43.8 Å². The molecule has 1 atom stereocenters. The Bertz CT molecular complexity index is 1570. The number of carbonyl (C=O) groups excluding carboxylic acids is 2. The molecule has 0 saturated carbocycles. The van der Waals surface area contributed by atoms with Crippen LogP contribution >= 0.6 is 11.6 Å². The summed E-state index contributed by atoms with van der Waals surface area (Å²) in [5.74, 6) is -0.0433. The Kier molecular flexibility index (Phi) is 7.79. The van der Waals surface area contributed by atoms with Crippen LogP contribution in [0, 0.1) is 0 Å². The van der Waals surface area contributed by atoms with E-state index in [9.17, 15) is 9.59 Å². The van der Waals surface area contributed by atoms with E-state index in [-0.39, 0.29) is 24.9 Å². The van der Waals surface area contributed by atoms with Gasteiger partial charge in [-0.15, -0.1) is 5.10 Å². The second kappa shape index (κ2) is 11.7. The van der Waals surface area contributed by atoms with Crippen LogP contribution in [0.5, 0.6) is 5.75 Å². The molecule has 2 aromatic heterocycles. The predicted octanol–water partition coefficient (Wildman–Crippen LogP) is 4.90. The summed E-state index contributed by atoms with van der Waals surface area (Å²) in [5.41, 5.74) is 3.33. The second-order valence-electron chi connectivity index (χ2n) is 8.79. The van der Waals surface area contributed by atoms with Crippen molar-refractivity contribution in [3.05, 3.63) is 113 Å². The number of fused-ring (bicyclic) bond motifs is 1. The Morgan fingerprint density at radius 2 is 1.77 bits per heavy atom. The SMILES string of the molecule is COc1ccc(NC(=O)C(c2ccc(Cl)cc2)N(Cc2cccnc2)C(=O)Cn2nnc3ccccc32)cc1. The van der Waals surface area contributed by atoms with Crippen molar-refractivity contribution in [1.82, 2.24) is 24.9 Å². The molecule has 3 aromatic carbocycles. The highest BCUT2D eigenvalue weighted by molar-refractivity contribution is 6.30. The first-order valence-electron chi connectivity index (χ1n) is 12.2. The van der Waals surface area contributed by atoms with E-state index < -0.39 is 6.04 Å². The number of amides is 2. The maximum atomic E-state index is 14.0. The molecule has 5 aromatic rings. The fraction of sp³-hybridized carbons (Fsp3) is 0.138. The van der Waals surface area contributed by atoms with E-state index in [1.807, 2.05) is 30.3 Å². The Balaban J connectivity index is 1.53. The molecule has 5 rings (SSSR count). The standard InChI is InChI=1S/C29H25ClN6O3/c1-39-24-14-12-23(13-15-24)32-29(38)28(21-8-10-22(30)11-9-21)35(18-20-5-4-16-31-17-20)27(37)19-36-26-7-3-2-6-25(26)33-34-36/h2-17,28H,18-19H2,1H3,(H,32,38). The zero-order chi connectivity index (χ0) is 27.2. The lowest BCUT2D eigenvalue weighted by molar-refractivity contribution is -0.140. The third-order valence-corrected chi connectivity index (χ3v) is 6.46. The fourth-order valence-corrected chi connectivity index (χ4v) is 4.39. The maximum Gasteiger partial charge on any atom is 0.251 e. The molecule has 196 valence electrons. The largest absolute Gasteiger partial charge is 0.497 e. The molecule has 2 amide bonds. The number of hydrogen-bond acceptors (Lipinski definition) is 6. The first-order valence-corrected chi connectivity index (χ1v) is 12.6. The number of carbonyl (C=O) groups is 2. The zero-order valence-corrected chi connectivity index (χ0v) is 21.8. The minimum absolute atomic E-state index is 0.110. The van der Waals surface area contributed by atoms with Gasteiger partial charge in [0, 0.05) is 29.6 Å². The first kappa shape index (κ1) is 25.9. The van der Waals surface area contributed by atoms with Crippen LogP contribution in [-0.2, 0) is 22.7 Å². The molecule has 0 aliphatic heterocycles. The minimum atomic E-state index is -0.980. The van der Waals surface area contributed by atoms with E-state index in [1.165, 1.54) is 9.58 Å². The van der Waals surface area contributed by atoms with Crippen molar-refractivity contribution in [2.24, 2.45) is 0 Å². The van der Waals surface area contributed by atoms with Crippen LogP contribution in [0.25, 0.3) is 11.0 Å². The van der Waals surface area contributed by atoms with Crippen molar-refractivity contribution in [3.8, 4) is 5.75 Å². The second-order valence-corrected chi connectivity index (χ2v) is 9.23. The van der Waals surface area contributed by atoms with Crippen LogP contribution in [0.2, 0.25) is 5.02 Å². The number of hydrogen-bond donors (Lipinski definition) is 1. The number of halogens is 1. The highest BCUT2D eigenvalue weighted by Crippen LogP contribution is 2.28. The molecule has 0 radical (unpaired) electrons. The number of rotatable bonds is 9. The Morgan fingerprint density at radius 3 is 2.49 bits per heavy atom. The van der Waals surface area contributed by atoms with E-state index in [0.717, 1.165) is 11.1 Å². The smallest absolute Gasteiger partial charge is 0.251 e. The number of anilines is 1. The van der Waals surface area contributed by atoms with Crippen LogP contribution in [0.3, 0.4) is 0 Å². The van der Waals surface area contributed by atoms with Crippen LogP contribution < -0.4 is 10.1 Å². The molecule has 2 heterocycles. The van der Waals surface area contributed by atoms with Gasteiger partial charge in [0.25, 0.3) is 5.91 Å². The van der Waals surface area contributed by atoms with Crippen LogP contribution in [0.1, 0.15) is 17.2 Å². The molecule has 0 aliphatic carbocycles. The minimum Gasteiger partial charge on any atom is -0.497 e. The molecule has 9 nitrogen and oxygen atoms in total. The fourth-order valence-electron chi connectivity index (χ4n) is 4.27. The Labute approximate surface area is 230 Å². The van der Waals surface area contributed by atoms with Gasteiger partial charge in [-0.1, -0.05) is 47.1 Å². The lowest BCUT2D eigenvalue weighted by atomic mass is 10.0. The number of aromatic nitrogens is 4. The summed E-state index contributed by atoms with van der Waals surface area (Å²) in [7, 11) is 1.57. The van der Waals surface area contributed by atoms with Gasteiger partial charge in [0.2, 0.25) is 5.91 Å². The van der Waals surface area contributed by atoms with Crippen molar-refractivity contribution in [3.63, 3.8) is 0 Å². The summed E-state index contributed by atoms with van der Waals surface area (Å²) >= 11 is 6.16. The van der Waals surface area contributed by atoms with Gasteiger partial charge in [-0.3, -0.25) is 14.6 Å². The van der Waals surface area contributed by atoms with Gasteiger partial charge in [-0.2, -0.15) is 0 Å². The molecule has 1 unspecified atom stereocenters. The predicted molar refractivity (Wildman–Crippen MR) is 148 cm³/mol. The topological polar surface area (TPSA) is 102 Å². The monoisotopic (exact) mass is 540 g/mol. The van der Waals surface area contributed by atoms with Crippen molar-refractivity contribution < 1.29 is 14.3 Å². The van der Waals surface area contributed by atoms with E-state index >= 15 is 0 Å². The highest BCUT2D eigenvalue weighted by atomic mass is 35.5. The summed E-state index contributed by atoms with van der Waals surface area (Å²) in [5, 5.41) is 11.8. The van der Waals surface area contributed by atoms with Gasteiger partial charge in [0.15, 0.2) is 0 Å². The average Bonchev–Trinajstić information content (AvgIpc) is 3.37. The summed E-state index contributed by atoms with van der Waals surface area (Å²) in [6, 6.07) is 23.9. The summed E-state index contributed by atoms with van der Waals surface area (Å²) < 4.78 is 6.76. The average molecular weight is 541 g/mol. The van der Waals surface area contributed by atoms with Gasteiger partial charge in [0.1, 0.15) is 23.9 Å². The van der Waals surface area contributed by atoms with Crippen LogP contribution in [0.4, 0.5) is 5.69 Å². The quantitative estimate of drug-likeness (QED) is 0.285. The van der Waals surface area contributed by atoms with Gasteiger partial charge in [-0.05, 0) is 65.7 Å². The third kappa shape index (κ3) is 6.05. The normalized spacial score (nSPS) is 11.6. The molecule has 0 aliphatic rings. The van der Waals surface area contributed by atoms with E-state index in [1.54, 1.807) is 74.1 Å². The number of nitrogens with one attached hydrogen (secondary N) is 1. The van der Waals surface area contributed by atoms with E-state index in [0.29, 0.717) is 27.5 Å². The molecule has 0 saturated heterocycles. The van der Waals surface area contributed by atoms with Crippen molar-refractivity contribution in [1.29, 1.82) is 0 Å². The maximum absolute atomic E-state index is 14.0. The number of methoxy groups -OCH3 is 1. The lowest BCUT2D eigenvalue weighted by Gasteiger charge is -2.31. The number of para-hydroxylation sites is 1. The van der Waals surface area contributed by atoms with Crippen molar-refractivity contribution >= 4 is 40.1 Å². The molecule has 10 heteroatoms. The van der Waals surface area contributed by atoms with Gasteiger partial charge < -0.3 is 15.0 Å². The molecule has 0 fully saturated rings. The summed E-state index contributed by atoms with van der Waals surface area (Å²) in [6.45, 7) is 0.0311.